The van der Waals surface area contributed by atoms with Gasteiger partial charge in [-0.05, 0) is 49.2 Å². The first-order valence-electron chi connectivity index (χ1n) is 6.44. The highest BCUT2D eigenvalue weighted by molar-refractivity contribution is 5.92. The predicted octanol–water partition coefficient (Wildman–Crippen LogP) is 4.49. The normalized spacial score (nSPS) is 12.5. The third-order valence-corrected chi connectivity index (χ3v) is 2.66. The fraction of sp³-hybridized carbons (Fsp3) is 0.235. The molecule has 0 saturated carbocycles. The van der Waals surface area contributed by atoms with Gasteiger partial charge in [-0.2, -0.15) is 4.39 Å². The molecule has 0 atom stereocenters. The molecule has 0 amide bonds. The van der Waals surface area contributed by atoms with Crippen LogP contribution in [0.15, 0.2) is 48.3 Å². The Kier molecular flexibility index (Phi) is 3.89. The summed E-state index contributed by atoms with van der Waals surface area (Å²) in [6.07, 6.45) is 1.19. The average Bonchev–Trinajstić information content (AvgIpc) is 2.36. The second-order valence-corrected chi connectivity index (χ2v) is 5.60. The summed E-state index contributed by atoms with van der Waals surface area (Å²) in [4.78, 5) is 11.6. The van der Waals surface area contributed by atoms with E-state index < -0.39 is 17.4 Å². The number of esters is 1. The minimum atomic E-state index is -0.939. The van der Waals surface area contributed by atoms with Crippen molar-refractivity contribution in [2.75, 3.05) is 0 Å². The smallest absolute Gasteiger partial charge is 0.367 e. The van der Waals surface area contributed by atoms with Crippen molar-refractivity contribution >= 4 is 22.8 Å². The molecule has 2 nitrogen and oxygen atoms in total. The minimum absolute atomic E-state index is 0.632. The first kappa shape index (κ1) is 14.3. The number of rotatable bonds is 2. The molecular formula is C17H17FO2. The van der Waals surface area contributed by atoms with Crippen LogP contribution in [0.1, 0.15) is 26.3 Å². The molecular weight excluding hydrogens is 255 g/mol. The molecule has 0 aromatic heterocycles. The van der Waals surface area contributed by atoms with Crippen molar-refractivity contribution in [3.63, 3.8) is 0 Å². The molecule has 0 unspecified atom stereocenters. The third-order valence-electron chi connectivity index (χ3n) is 2.66. The molecule has 104 valence electrons. The van der Waals surface area contributed by atoms with E-state index >= 15 is 0 Å². The van der Waals surface area contributed by atoms with Gasteiger partial charge in [0.25, 0.3) is 0 Å². The van der Waals surface area contributed by atoms with Crippen LogP contribution in [0.5, 0.6) is 0 Å². The Bertz CT molecular complexity index is 666. The molecule has 20 heavy (non-hydrogen) atoms. The van der Waals surface area contributed by atoms with Gasteiger partial charge in [-0.25, -0.2) is 4.79 Å². The summed E-state index contributed by atoms with van der Waals surface area (Å²) in [5, 5.41) is 2.07. The lowest BCUT2D eigenvalue weighted by atomic mass is 10.1. The molecule has 0 bridgehead atoms. The highest BCUT2D eigenvalue weighted by Gasteiger charge is 2.19. The van der Waals surface area contributed by atoms with E-state index in [1.807, 2.05) is 36.4 Å². The van der Waals surface area contributed by atoms with Crippen molar-refractivity contribution < 1.29 is 13.9 Å². The maximum absolute atomic E-state index is 13.8. The SMILES string of the molecule is CC(C)(C)OC(=O)/C(F)=C/c1ccc2ccccc2c1. The Hall–Kier alpha value is -2.16. The predicted molar refractivity (Wildman–Crippen MR) is 78.9 cm³/mol. The van der Waals surface area contributed by atoms with E-state index in [1.54, 1.807) is 26.8 Å². The summed E-state index contributed by atoms with van der Waals surface area (Å²) in [6.45, 7) is 5.11. The first-order valence-corrected chi connectivity index (χ1v) is 6.44. The summed E-state index contributed by atoms with van der Waals surface area (Å²) in [6, 6.07) is 13.3. The van der Waals surface area contributed by atoms with Crippen molar-refractivity contribution in [3.05, 3.63) is 53.9 Å². The first-order chi connectivity index (χ1) is 9.35. The number of fused-ring (bicyclic) bond motifs is 1. The van der Waals surface area contributed by atoms with Crippen LogP contribution >= 0.6 is 0 Å². The molecule has 0 saturated heterocycles. The molecule has 0 radical (unpaired) electrons. The van der Waals surface area contributed by atoms with E-state index in [1.165, 1.54) is 6.08 Å². The van der Waals surface area contributed by atoms with Crippen LogP contribution in [0.3, 0.4) is 0 Å². The molecule has 0 fully saturated rings. The monoisotopic (exact) mass is 272 g/mol. The zero-order valence-electron chi connectivity index (χ0n) is 11.8. The number of hydrogen-bond donors (Lipinski definition) is 0. The molecule has 0 heterocycles. The molecule has 0 aliphatic carbocycles. The number of benzene rings is 2. The quantitative estimate of drug-likeness (QED) is 0.594. The van der Waals surface area contributed by atoms with Gasteiger partial charge in [0.15, 0.2) is 0 Å². The summed E-state index contributed by atoms with van der Waals surface area (Å²) in [5.74, 6) is -1.83. The number of hydrogen-bond acceptors (Lipinski definition) is 2. The van der Waals surface area contributed by atoms with Crippen molar-refractivity contribution in [2.24, 2.45) is 0 Å². The fourth-order valence-corrected chi connectivity index (χ4v) is 1.83. The van der Waals surface area contributed by atoms with E-state index in [4.69, 9.17) is 4.74 Å². The van der Waals surface area contributed by atoms with E-state index in [0.717, 1.165) is 10.8 Å². The number of carbonyl (C=O) groups is 1. The Morgan fingerprint density at radius 3 is 2.40 bits per heavy atom. The van der Waals surface area contributed by atoms with Gasteiger partial charge in [-0.1, -0.05) is 36.4 Å². The van der Waals surface area contributed by atoms with Crippen LogP contribution in [0.4, 0.5) is 4.39 Å². The Morgan fingerprint density at radius 1 is 1.10 bits per heavy atom. The van der Waals surface area contributed by atoms with Crippen molar-refractivity contribution in [1.82, 2.24) is 0 Å². The molecule has 0 spiro atoms. The minimum Gasteiger partial charge on any atom is -0.455 e. The van der Waals surface area contributed by atoms with Crippen molar-refractivity contribution in [3.8, 4) is 0 Å². The highest BCUT2D eigenvalue weighted by Crippen LogP contribution is 2.19. The van der Waals surface area contributed by atoms with Gasteiger partial charge in [0.1, 0.15) is 5.60 Å². The topological polar surface area (TPSA) is 26.3 Å². The summed E-state index contributed by atoms with van der Waals surface area (Å²) < 4.78 is 18.8. The van der Waals surface area contributed by atoms with Crippen LogP contribution in [-0.4, -0.2) is 11.6 Å². The molecule has 0 aliphatic rings. The molecule has 0 N–H and O–H groups in total. The molecule has 2 aromatic rings. The zero-order valence-corrected chi connectivity index (χ0v) is 11.8. The van der Waals surface area contributed by atoms with Gasteiger partial charge < -0.3 is 4.74 Å². The van der Waals surface area contributed by atoms with E-state index in [-0.39, 0.29) is 0 Å². The van der Waals surface area contributed by atoms with Crippen LogP contribution in [0, 0.1) is 0 Å². The second-order valence-electron chi connectivity index (χ2n) is 5.60. The van der Waals surface area contributed by atoms with Crippen LogP contribution in [-0.2, 0) is 9.53 Å². The lowest BCUT2D eigenvalue weighted by Crippen LogP contribution is -2.24. The van der Waals surface area contributed by atoms with E-state index in [0.29, 0.717) is 5.56 Å². The Labute approximate surface area is 117 Å². The molecule has 2 aromatic carbocycles. The third kappa shape index (κ3) is 3.67. The van der Waals surface area contributed by atoms with Gasteiger partial charge in [0.05, 0.1) is 0 Å². The van der Waals surface area contributed by atoms with Gasteiger partial charge in [0.2, 0.25) is 5.83 Å². The molecule has 3 heteroatoms. The van der Waals surface area contributed by atoms with Crippen molar-refractivity contribution in [2.45, 2.75) is 26.4 Å². The van der Waals surface area contributed by atoms with Crippen LogP contribution < -0.4 is 0 Å². The summed E-state index contributed by atoms with van der Waals surface area (Å²) in [7, 11) is 0. The summed E-state index contributed by atoms with van der Waals surface area (Å²) in [5.41, 5.74) is -0.0712. The summed E-state index contributed by atoms with van der Waals surface area (Å²) >= 11 is 0. The van der Waals surface area contributed by atoms with Crippen molar-refractivity contribution in [1.29, 1.82) is 0 Å². The van der Waals surface area contributed by atoms with Crippen LogP contribution in [0.2, 0.25) is 0 Å². The highest BCUT2D eigenvalue weighted by atomic mass is 19.1. The molecule has 0 aliphatic heterocycles. The maximum Gasteiger partial charge on any atom is 0.367 e. The van der Waals surface area contributed by atoms with E-state index in [2.05, 4.69) is 0 Å². The van der Waals surface area contributed by atoms with Gasteiger partial charge >= 0.3 is 5.97 Å². The Morgan fingerprint density at radius 2 is 1.75 bits per heavy atom. The lowest BCUT2D eigenvalue weighted by molar-refractivity contribution is -0.151. The lowest BCUT2D eigenvalue weighted by Gasteiger charge is -2.18. The number of carbonyl (C=O) groups excluding carboxylic acids is 1. The standard InChI is InChI=1S/C17H17FO2/c1-17(2,3)20-16(19)15(18)11-12-8-9-13-6-4-5-7-14(13)10-12/h4-11H,1-3H3/b15-11-. The largest absolute Gasteiger partial charge is 0.455 e. The van der Waals surface area contributed by atoms with E-state index in [9.17, 15) is 9.18 Å². The van der Waals surface area contributed by atoms with Crippen LogP contribution in [0.25, 0.3) is 16.8 Å². The number of ether oxygens (including phenoxy) is 1. The maximum atomic E-state index is 13.8. The molecule has 2 rings (SSSR count). The fourth-order valence-electron chi connectivity index (χ4n) is 1.83. The second kappa shape index (κ2) is 5.45. The zero-order chi connectivity index (χ0) is 14.8. The van der Waals surface area contributed by atoms with Gasteiger partial charge in [-0.3, -0.25) is 0 Å². The van der Waals surface area contributed by atoms with Gasteiger partial charge in [0, 0.05) is 0 Å². The average molecular weight is 272 g/mol. The Balaban J connectivity index is 2.25. The number of halogens is 1. The van der Waals surface area contributed by atoms with Gasteiger partial charge in [-0.15, -0.1) is 0 Å².